The van der Waals surface area contributed by atoms with Crippen LogP contribution < -0.4 is 5.32 Å². The highest BCUT2D eigenvalue weighted by atomic mass is 16.4. The minimum atomic E-state index is -1.02. The number of carboxylic acids is 1. The molecule has 1 aromatic heterocycles. The van der Waals surface area contributed by atoms with Crippen molar-refractivity contribution in [3.63, 3.8) is 0 Å². The van der Waals surface area contributed by atoms with E-state index in [-0.39, 0.29) is 5.56 Å². The van der Waals surface area contributed by atoms with Crippen molar-refractivity contribution in [2.24, 2.45) is 4.99 Å². The molecular weight excluding hydrogens is 210 g/mol. The number of β-amino-alcohol motifs (C(OH)–C–C–N with tert-alkyl or cyclic N) is 1. The van der Waals surface area contributed by atoms with Crippen LogP contribution in [0.4, 0.5) is 0 Å². The number of pyridine rings is 1. The second-order valence-electron chi connectivity index (χ2n) is 3.49. The first-order valence-electron chi connectivity index (χ1n) is 4.82. The molecule has 16 heavy (non-hydrogen) atoms. The van der Waals surface area contributed by atoms with Gasteiger partial charge in [0, 0.05) is 24.5 Å². The fourth-order valence-electron chi connectivity index (χ4n) is 1.41. The number of carbonyl (C=O) groups is 1. The van der Waals surface area contributed by atoms with Crippen LogP contribution in [0.5, 0.6) is 0 Å². The van der Waals surface area contributed by atoms with E-state index in [1.54, 1.807) is 0 Å². The summed E-state index contributed by atoms with van der Waals surface area (Å²) in [4.78, 5) is 18.7. The Kier molecular flexibility index (Phi) is 2.82. The maximum Gasteiger partial charge on any atom is 0.337 e. The summed E-state index contributed by atoms with van der Waals surface area (Å²) in [6.07, 6.45) is 2.33. The Bertz CT molecular complexity index is 445. The van der Waals surface area contributed by atoms with Gasteiger partial charge in [-0.1, -0.05) is 0 Å². The predicted octanol–water partition coefficient (Wildman–Crippen LogP) is -0.510. The molecule has 1 aliphatic rings. The summed E-state index contributed by atoms with van der Waals surface area (Å²) < 4.78 is 0. The third kappa shape index (κ3) is 2.17. The quantitative estimate of drug-likeness (QED) is 0.625. The van der Waals surface area contributed by atoms with Crippen molar-refractivity contribution in [1.82, 2.24) is 10.3 Å². The van der Waals surface area contributed by atoms with Crippen molar-refractivity contribution < 1.29 is 15.0 Å². The predicted molar refractivity (Wildman–Crippen MR) is 56.6 cm³/mol. The lowest BCUT2D eigenvalue weighted by molar-refractivity contribution is 0.0696. The Balaban J connectivity index is 2.27. The number of aliphatic hydroxyl groups excluding tert-OH is 1. The summed E-state index contributed by atoms with van der Waals surface area (Å²) in [5, 5.41) is 21.0. The summed E-state index contributed by atoms with van der Waals surface area (Å²) in [7, 11) is 0. The minimum Gasteiger partial charge on any atom is -0.478 e. The topological polar surface area (TPSA) is 94.8 Å². The van der Waals surface area contributed by atoms with Crippen LogP contribution in [0.3, 0.4) is 0 Å². The number of aromatic nitrogens is 1. The maximum atomic E-state index is 10.7. The highest BCUT2D eigenvalue weighted by Crippen LogP contribution is 2.06. The van der Waals surface area contributed by atoms with Crippen molar-refractivity contribution in [3.8, 4) is 0 Å². The number of nitrogens with one attached hydrogen (secondary N) is 1. The van der Waals surface area contributed by atoms with Crippen molar-refractivity contribution in [1.29, 1.82) is 0 Å². The standard InChI is InChI=1S/C10H11N3O3/c14-8-4-12-9(13-5-8)6-1-7(10(15)16)3-11-2-6/h1-3,8,14H,4-5H2,(H,12,13)(H,15,16). The molecule has 6 heteroatoms. The lowest BCUT2D eigenvalue weighted by atomic mass is 10.1. The second-order valence-corrected chi connectivity index (χ2v) is 3.49. The van der Waals surface area contributed by atoms with Crippen LogP contribution in [0.15, 0.2) is 23.5 Å². The van der Waals surface area contributed by atoms with Gasteiger partial charge in [-0.3, -0.25) is 9.98 Å². The first-order chi connectivity index (χ1) is 7.66. The fraction of sp³-hybridized carbons (Fsp3) is 0.300. The van der Waals surface area contributed by atoms with Crippen LogP contribution in [-0.4, -0.2) is 46.2 Å². The Labute approximate surface area is 91.7 Å². The van der Waals surface area contributed by atoms with Gasteiger partial charge in [-0.2, -0.15) is 0 Å². The molecule has 84 valence electrons. The molecule has 2 rings (SSSR count). The number of amidine groups is 1. The van der Waals surface area contributed by atoms with E-state index in [2.05, 4.69) is 15.3 Å². The van der Waals surface area contributed by atoms with Crippen LogP contribution in [0.2, 0.25) is 0 Å². The van der Waals surface area contributed by atoms with E-state index in [0.29, 0.717) is 24.5 Å². The SMILES string of the molecule is O=C(O)c1cncc(C2=NCC(O)CN2)c1. The van der Waals surface area contributed by atoms with Gasteiger partial charge >= 0.3 is 5.97 Å². The van der Waals surface area contributed by atoms with Gasteiger partial charge in [0.15, 0.2) is 0 Å². The van der Waals surface area contributed by atoms with Crippen LogP contribution in [0.25, 0.3) is 0 Å². The van der Waals surface area contributed by atoms with E-state index in [1.165, 1.54) is 18.5 Å². The van der Waals surface area contributed by atoms with Crippen LogP contribution in [0.1, 0.15) is 15.9 Å². The molecule has 0 aromatic carbocycles. The molecule has 2 heterocycles. The summed E-state index contributed by atoms with van der Waals surface area (Å²) in [5.41, 5.74) is 0.736. The highest BCUT2D eigenvalue weighted by Gasteiger charge is 2.14. The Morgan fingerprint density at radius 3 is 2.94 bits per heavy atom. The molecule has 0 bridgehead atoms. The van der Waals surface area contributed by atoms with Gasteiger partial charge in [-0.05, 0) is 6.07 Å². The zero-order valence-electron chi connectivity index (χ0n) is 8.42. The third-order valence-electron chi connectivity index (χ3n) is 2.22. The molecule has 0 saturated heterocycles. The van der Waals surface area contributed by atoms with Gasteiger partial charge in [0.1, 0.15) is 5.84 Å². The molecule has 1 atom stereocenters. The van der Waals surface area contributed by atoms with Crippen LogP contribution in [0, 0.1) is 0 Å². The van der Waals surface area contributed by atoms with Crippen LogP contribution >= 0.6 is 0 Å². The van der Waals surface area contributed by atoms with Crippen LogP contribution in [-0.2, 0) is 0 Å². The van der Waals surface area contributed by atoms with Gasteiger partial charge in [-0.15, -0.1) is 0 Å². The Hall–Kier alpha value is -1.95. The van der Waals surface area contributed by atoms with Gasteiger partial charge in [-0.25, -0.2) is 4.79 Å². The molecule has 1 aromatic rings. The molecule has 0 aliphatic carbocycles. The fourth-order valence-corrected chi connectivity index (χ4v) is 1.41. The largest absolute Gasteiger partial charge is 0.478 e. The Morgan fingerprint density at radius 1 is 1.50 bits per heavy atom. The number of carboxylic acid groups (broad SMARTS) is 1. The summed E-state index contributed by atoms with van der Waals surface area (Å²) in [5.74, 6) is -0.452. The number of nitrogens with zero attached hydrogens (tertiary/aromatic N) is 2. The van der Waals surface area contributed by atoms with Gasteiger partial charge < -0.3 is 15.5 Å². The highest BCUT2D eigenvalue weighted by molar-refractivity contribution is 6.00. The second kappa shape index (κ2) is 4.28. The third-order valence-corrected chi connectivity index (χ3v) is 2.22. The molecule has 0 radical (unpaired) electrons. The molecule has 1 unspecified atom stereocenters. The number of hydrogen-bond acceptors (Lipinski definition) is 5. The van der Waals surface area contributed by atoms with E-state index in [0.717, 1.165) is 0 Å². The van der Waals surface area contributed by atoms with Crippen molar-refractivity contribution in [2.75, 3.05) is 13.1 Å². The minimum absolute atomic E-state index is 0.119. The van der Waals surface area contributed by atoms with Crippen molar-refractivity contribution in [2.45, 2.75) is 6.10 Å². The summed E-state index contributed by atoms with van der Waals surface area (Å²) >= 11 is 0. The zero-order valence-corrected chi connectivity index (χ0v) is 8.42. The maximum absolute atomic E-state index is 10.7. The number of aliphatic imine (C=N–C) groups is 1. The van der Waals surface area contributed by atoms with Gasteiger partial charge in [0.2, 0.25) is 0 Å². The number of aliphatic hydroxyl groups is 1. The molecule has 0 amide bonds. The first kappa shape index (κ1) is 10.6. The van der Waals surface area contributed by atoms with Crippen molar-refractivity contribution in [3.05, 3.63) is 29.6 Å². The molecule has 3 N–H and O–H groups in total. The smallest absolute Gasteiger partial charge is 0.337 e. The average Bonchev–Trinajstić information content (AvgIpc) is 2.30. The lowest BCUT2D eigenvalue weighted by Gasteiger charge is -2.18. The monoisotopic (exact) mass is 221 g/mol. The molecule has 6 nitrogen and oxygen atoms in total. The Morgan fingerprint density at radius 2 is 2.31 bits per heavy atom. The summed E-state index contributed by atoms with van der Waals surface area (Å²) in [6, 6.07) is 1.50. The number of rotatable bonds is 2. The van der Waals surface area contributed by atoms with E-state index < -0.39 is 12.1 Å². The zero-order chi connectivity index (χ0) is 11.5. The van der Waals surface area contributed by atoms with E-state index in [9.17, 15) is 9.90 Å². The normalized spacial score (nSPS) is 19.8. The average molecular weight is 221 g/mol. The van der Waals surface area contributed by atoms with E-state index in [4.69, 9.17) is 5.11 Å². The van der Waals surface area contributed by atoms with Gasteiger partial charge in [0.05, 0.1) is 18.2 Å². The van der Waals surface area contributed by atoms with Crippen molar-refractivity contribution >= 4 is 11.8 Å². The molecule has 1 aliphatic heterocycles. The summed E-state index contributed by atoms with van der Waals surface area (Å²) in [6.45, 7) is 0.732. The molecule has 0 spiro atoms. The molecule has 0 fully saturated rings. The molecule has 0 saturated carbocycles. The first-order valence-corrected chi connectivity index (χ1v) is 4.82. The number of hydrogen-bond donors (Lipinski definition) is 3. The van der Waals surface area contributed by atoms with E-state index >= 15 is 0 Å². The van der Waals surface area contributed by atoms with Gasteiger partial charge in [0.25, 0.3) is 0 Å². The van der Waals surface area contributed by atoms with E-state index in [1.807, 2.05) is 0 Å². The molecular formula is C10H11N3O3. The number of aromatic carboxylic acids is 1. The lowest BCUT2D eigenvalue weighted by Crippen LogP contribution is -2.39.